The Hall–Kier alpha value is -8.67. The highest BCUT2D eigenvalue weighted by atomic mass is 15.4. The lowest BCUT2D eigenvalue weighted by atomic mass is 9.88. The summed E-state index contributed by atoms with van der Waals surface area (Å²) in [7, 11) is 0. The Labute approximate surface area is 391 Å². The van der Waals surface area contributed by atoms with Crippen LogP contribution in [0.5, 0.6) is 0 Å². The second kappa shape index (κ2) is 16.7. The molecule has 0 aliphatic carbocycles. The van der Waals surface area contributed by atoms with Crippen LogP contribution < -0.4 is 14.7 Å². The average molecular weight is 862 g/mol. The molecule has 9 aromatic carbocycles. The molecule has 3 heterocycles. The predicted molar refractivity (Wildman–Crippen MR) is 281 cm³/mol. The molecule has 0 atom stereocenters. The largest absolute Gasteiger partial charge is 0.321 e. The van der Waals surface area contributed by atoms with Crippen molar-refractivity contribution >= 4 is 61.6 Å². The van der Waals surface area contributed by atoms with Crippen molar-refractivity contribution in [2.75, 3.05) is 21.4 Å². The molecular weight excluding hydrogens is 815 g/mol. The Morgan fingerprint density at radius 2 is 0.970 bits per heavy atom. The van der Waals surface area contributed by atoms with E-state index < -0.39 is 0 Å². The van der Waals surface area contributed by atoms with Gasteiger partial charge in [0.25, 0.3) is 0 Å². The summed E-state index contributed by atoms with van der Waals surface area (Å²) in [6, 6.07) is 83.1. The molecule has 12 rings (SSSR count). The quantitative estimate of drug-likeness (QED) is 0.144. The maximum Gasteiger partial charge on any atom is 0.138 e. The molecule has 0 spiro atoms. The van der Waals surface area contributed by atoms with E-state index in [4.69, 9.17) is 4.98 Å². The number of nitrogens with zero attached hydrogens (tertiary/aromatic N) is 5. The lowest BCUT2D eigenvalue weighted by Crippen LogP contribution is -2.24. The number of anilines is 7. The van der Waals surface area contributed by atoms with Crippen molar-refractivity contribution in [3.63, 3.8) is 0 Å². The van der Waals surface area contributed by atoms with Gasteiger partial charge < -0.3 is 14.7 Å². The number of pyridine rings is 1. The molecule has 5 nitrogen and oxygen atoms in total. The van der Waals surface area contributed by atoms with E-state index in [9.17, 15) is 0 Å². The van der Waals surface area contributed by atoms with Crippen molar-refractivity contribution in [3.8, 4) is 39.2 Å². The number of aromatic nitrogens is 2. The summed E-state index contributed by atoms with van der Waals surface area (Å²) >= 11 is 0. The van der Waals surface area contributed by atoms with Gasteiger partial charge in [0.15, 0.2) is 0 Å². The average Bonchev–Trinajstić information content (AvgIpc) is 3.94. The number of benzene rings is 9. The first-order valence-electron chi connectivity index (χ1n) is 23.0. The molecule has 5 heteroatoms. The van der Waals surface area contributed by atoms with Crippen LogP contribution in [0.4, 0.5) is 39.8 Å². The van der Waals surface area contributed by atoms with Crippen LogP contribution in [-0.2, 0) is 0 Å². The summed E-state index contributed by atoms with van der Waals surface area (Å²) in [5, 5.41) is 2.35. The van der Waals surface area contributed by atoms with E-state index in [0.717, 1.165) is 39.5 Å². The molecule has 1 aliphatic heterocycles. The third-order valence-electron chi connectivity index (χ3n) is 13.3. The normalized spacial score (nSPS) is 12.2. The highest BCUT2D eigenvalue weighted by Gasteiger charge is 2.29. The lowest BCUT2D eigenvalue weighted by molar-refractivity contribution is 0.990. The minimum absolute atomic E-state index is 0.705. The van der Waals surface area contributed by atoms with Gasteiger partial charge in [-0.1, -0.05) is 158 Å². The third-order valence-corrected chi connectivity index (χ3v) is 13.3. The maximum absolute atomic E-state index is 5.17. The fourth-order valence-electron chi connectivity index (χ4n) is 10.3. The summed E-state index contributed by atoms with van der Waals surface area (Å²) in [5.74, 6) is 0.860. The van der Waals surface area contributed by atoms with E-state index in [2.05, 4.69) is 264 Å². The van der Waals surface area contributed by atoms with Gasteiger partial charge in [0.1, 0.15) is 12.5 Å². The molecule has 11 aromatic rings. The van der Waals surface area contributed by atoms with Crippen LogP contribution in [0, 0.1) is 13.8 Å². The van der Waals surface area contributed by atoms with Gasteiger partial charge in [0, 0.05) is 39.7 Å². The zero-order valence-corrected chi connectivity index (χ0v) is 37.5. The van der Waals surface area contributed by atoms with Crippen molar-refractivity contribution in [1.82, 2.24) is 9.55 Å². The Bertz CT molecular complexity index is 3520. The first-order valence-corrected chi connectivity index (χ1v) is 23.0. The van der Waals surface area contributed by atoms with Gasteiger partial charge in [-0.05, 0) is 131 Å². The summed E-state index contributed by atoms with van der Waals surface area (Å²) in [6.07, 6.45) is 1.97. The van der Waals surface area contributed by atoms with E-state index in [-0.39, 0.29) is 0 Å². The molecule has 1 aliphatic rings. The van der Waals surface area contributed by atoms with Crippen LogP contribution >= 0.6 is 0 Å². The van der Waals surface area contributed by atoms with Gasteiger partial charge in [-0.2, -0.15) is 0 Å². The number of aryl methyl sites for hydroxylation is 2. The summed E-state index contributed by atoms with van der Waals surface area (Å²) in [5.41, 5.74) is 19.6. The van der Waals surface area contributed by atoms with Crippen molar-refractivity contribution in [3.05, 3.63) is 248 Å². The van der Waals surface area contributed by atoms with Gasteiger partial charge in [0.05, 0.1) is 28.1 Å². The van der Waals surface area contributed by atoms with Gasteiger partial charge in [0.2, 0.25) is 0 Å². The fourth-order valence-corrected chi connectivity index (χ4v) is 10.3. The first-order chi connectivity index (χ1) is 33.1. The number of hydrogen-bond acceptors (Lipinski definition) is 4. The molecule has 0 amide bonds. The number of rotatable bonds is 9. The highest BCUT2D eigenvalue weighted by Crippen LogP contribution is 2.48. The number of para-hydroxylation sites is 5. The van der Waals surface area contributed by atoms with E-state index in [0.29, 0.717) is 6.67 Å². The molecule has 0 N–H and O–H groups in total. The van der Waals surface area contributed by atoms with Gasteiger partial charge >= 0.3 is 0 Å². The number of hydrogen-bond donors (Lipinski definition) is 0. The third kappa shape index (κ3) is 7.00. The van der Waals surface area contributed by atoms with Gasteiger partial charge in [-0.25, -0.2) is 4.98 Å². The van der Waals surface area contributed by atoms with E-state index in [1.807, 2.05) is 6.20 Å². The summed E-state index contributed by atoms with van der Waals surface area (Å²) < 4.78 is 2.35. The summed E-state index contributed by atoms with van der Waals surface area (Å²) in [4.78, 5) is 12.4. The fraction of sp³-hybridized carbons (Fsp3) is 0.0484. The summed E-state index contributed by atoms with van der Waals surface area (Å²) in [6.45, 7) is 5.14. The molecule has 0 saturated carbocycles. The molecule has 67 heavy (non-hydrogen) atoms. The molecule has 320 valence electrons. The van der Waals surface area contributed by atoms with Crippen LogP contribution in [0.25, 0.3) is 61.0 Å². The molecular formula is C62H47N5. The molecule has 0 radical (unpaired) electrons. The van der Waals surface area contributed by atoms with Crippen LogP contribution in [0.15, 0.2) is 237 Å². The Morgan fingerprint density at radius 3 is 1.67 bits per heavy atom. The van der Waals surface area contributed by atoms with Crippen molar-refractivity contribution in [2.24, 2.45) is 0 Å². The molecule has 0 bridgehead atoms. The van der Waals surface area contributed by atoms with E-state index >= 15 is 0 Å². The van der Waals surface area contributed by atoms with E-state index in [1.54, 1.807) is 0 Å². The molecule has 0 saturated heterocycles. The standard InChI is InChI=1S/C62H47N5/c1-43-19-16-20-44(2)62(43)66(50-28-17-27-49(40-50)65-42-64(48-25-10-5-11-26-48)57-33-14-15-34-58(57)65)51-35-36-55-54-29-12-13-32-56(54)67(59(55)41-51)60-39-47(37-38-63-60)61-52(45-21-6-3-7-22-45)30-18-31-53(61)46-23-8-4-9-24-46/h3-41H,42H2,1-2H3. The smallest absolute Gasteiger partial charge is 0.138 e. The monoisotopic (exact) mass is 861 g/mol. The predicted octanol–water partition coefficient (Wildman–Crippen LogP) is 16.5. The minimum atomic E-state index is 0.705. The SMILES string of the molecule is Cc1cccc(C)c1N(c1cccc(N2CN(c3ccccc3)c3ccccc32)c1)c1ccc2c3ccccc3n(-c3cc(-c4c(-c5ccccc5)cccc4-c4ccccc4)ccn3)c2c1. The molecule has 0 fully saturated rings. The molecule has 2 aromatic heterocycles. The van der Waals surface area contributed by atoms with E-state index in [1.165, 1.54) is 72.5 Å². The van der Waals surface area contributed by atoms with Gasteiger partial charge in [-0.3, -0.25) is 4.57 Å². The van der Waals surface area contributed by atoms with Crippen molar-refractivity contribution in [1.29, 1.82) is 0 Å². The molecule has 0 unspecified atom stereocenters. The Morgan fingerprint density at radius 1 is 0.418 bits per heavy atom. The van der Waals surface area contributed by atoms with Crippen LogP contribution in [-0.4, -0.2) is 16.2 Å². The van der Waals surface area contributed by atoms with Crippen LogP contribution in [0.3, 0.4) is 0 Å². The van der Waals surface area contributed by atoms with Crippen molar-refractivity contribution < 1.29 is 0 Å². The minimum Gasteiger partial charge on any atom is -0.321 e. The Balaban J connectivity index is 1.03. The topological polar surface area (TPSA) is 27.5 Å². The number of fused-ring (bicyclic) bond motifs is 4. The lowest BCUT2D eigenvalue weighted by Gasteiger charge is -2.30. The first kappa shape index (κ1) is 39.9. The van der Waals surface area contributed by atoms with Crippen LogP contribution in [0.2, 0.25) is 0 Å². The zero-order valence-electron chi connectivity index (χ0n) is 37.5. The zero-order chi connectivity index (χ0) is 44.8. The maximum atomic E-state index is 5.17. The van der Waals surface area contributed by atoms with Crippen LogP contribution in [0.1, 0.15) is 11.1 Å². The Kier molecular flexibility index (Phi) is 9.95. The van der Waals surface area contributed by atoms with Gasteiger partial charge in [-0.15, -0.1) is 0 Å². The second-order valence-corrected chi connectivity index (χ2v) is 17.3. The second-order valence-electron chi connectivity index (χ2n) is 17.3. The highest BCUT2D eigenvalue weighted by molar-refractivity contribution is 6.10. The van der Waals surface area contributed by atoms with Crippen molar-refractivity contribution in [2.45, 2.75) is 13.8 Å².